The van der Waals surface area contributed by atoms with Gasteiger partial charge in [0.25, 0.3) is 0 Å². The molecule has 0 atom stereocenters. The van der Waals surface area contributed by atoms with Crippen molar-refractivity contribution in [2.24, 2.45) is 0 Å². The highest BCUT2D eigenvalue weighted by Gasteiger charge is 2.13. The predicted octanol–water partition coefficient (Wildman–Crippen LogP) is 4.17. The summed E-state index contributed by atoms with van der Waals surface area (Å²) < 4.78 is 15.1. The summed E-state index contributed by atoms with van der Waals surface area (Å²) in [6.45, 7) is 0.627. The molecule has 0 spiro atoms. The standard InChI is InChI=1S/C16H13BrFN3/c1-21(9-11-5-2-3-6-12(11)17)16-15-13(18)7-4-8-14(15)19-10-20-16/h2-8,10H,9H2,1H3. The van der Waals surface area contributed by atoms with Crippen LogP contribution in [0.25, 0.3) is 10.9 Å². The van der Waals surface area contributed by atoms with Crippen molar-refractivity contribution in [1.29, 1.82) is 0 Å². The van der Waals surface area contributed by atoms with Gasteiger partial charge in [-0.2, -0.15) is 0 Å². The number of aromatic nitrogens is 2. The van der Waals surface area contributed by atoms with Crippen LogP contribution >= 0.6 is 15.9 Å². The highest BCUT2D eigenvalue weighted by atomic mass is 79.9. The maximum absolute atomic E-state index is 14.1. The van der Waals surface area contributed by atoms with Gasteiger partial charge in [0, 0.05) is 18.1 Å². The highest BCUT2D eigenvalue weighted by Crippen LogP contribution is 2.27. The minimum Gasteiger partial charge on any atom is -0.355 e. The van der Waals surface area contributed by atoms with Gasteiger partial charge < -0.3 is 4.90 Å². The third kappa shape index (κ3) is 2.74. The lowest BCUT2D eigenvalue weighted by atomic mass is 10.2. The Balaban J connectivity index is 2.02. The Morgan fingerprint density at radius 3 is 2.71 bits per heavy atom. The Morgan fingerprint density at radius 1 is 1.10 bits per heavy atom. The van der Waals surface area contributed by atoms with Crippen LogP contribution in [0, 0.1) is 5.82 Å². The molecule has 1 aromatic heterocycles. The van der Waals surface area contributed by atoms with Gasteiger partial charge in [-0.1, -0.05) is 40.2 Å². The normalized spacial score (nSPS) is 10.8. The van der Waals surface area contributed by atoms with Crippen molar-refractivity contribution >= 4 is 32.7 Å². The van der Waals surface area contributed by atoms with E-state index < -0.39 is 0 Å². The number of anilines is 1. The molecule has 21 heavy (non-hydrogen) atoms. The molecule has 3 aromatic rings. The van der Waals surface area contributed by atoms with E-state index >= 15 is 0 Å². The van der Waals surface area contributed by atoms with Crippen LogP contribution in [-0.2, 0) is 6.54 Å². The van der Waals surface area contributed by atoms with Crippen LogP contribution in [0.3, 0.4) is 0 Å². The van der Waals surface area contributed by atoms with E-state index in [-0.39, 0.29) is 5.82 Å². The average Bonchev–Trinajstić information content (AvgIpc) is 2.49. The number of benzene rings is 2. The molecule has 0 unspecified atom stereocenters. The molecule has 0 radical (unpaired) electrons. The summed E-state index contributed by atoms with van der Waals surface area (Å²) in [4.78, 5) is 10.3. The molecule has 1 heterocycles. The van der Waals surface area contributed by atoms with E-state index in [2.05, 4.69) is 25.9 Å². The van der Waals surface area contributed by atoms with E-state index in [9.17, 15) is 4.39 Å². The van der Waals surface area contributed by atoms with E-state index in [1.54, 1.807) is 12.1 Å². The summed E-state index contributed by atoms with van der Waals surface area (Å²) in [5, 5.41) is 0.453. The Bertz CT molecular complexity index is 786. The second-order valence-electron chi connectivity index (χ2n) is 4.78. The summed E-state index contributed by atoms with van der Waals surface area (Å²) in [5.41, 5.74) is 1.72. The predicted molar refractivity (Wildman–Crippen MR) is 85.7 cm³/mol. The molecule has 3 rings (SSSR count). The highest BCUT2D eigenvalue weighted by molar-refractivity contribution is 9.10. The number of hydrogen-bond acceptors (Lipinski definition) is 3. The van der Waals surface area contributed by atoms with Crippen molar-refractivity contribution in [3.63, 3.8) is 0 Å². The number of rotatable bonds is 3. The first-order valence-corrected chi connectivity index (χ1v) is 7.30. The third-order valence-electron chi connectivity index (χ3n) is 3.32. The molecular weight excluding hydrogens is 333 g/mol. The van der Waals surface area contributed by atoms with E-state index in [1.165, 1.54) is 12.4 Å². The molecule has 0 aliphatic rings. The molecule has 0 fully saturated rings. The van der Waals surface area contributed by atoms with Crippen LogP contribution in [0.1, 0.15) is 5.56 Å². The Labute approximate surface area is 130 Å². The quantitative estimate of drug-likeness (QED) is 0.713. The topological polar surface area (TPSA) is 29.0 Å². The molecule has 2 aromatic carbocycles. The van der Waals surface area contributed by atoms with Gasteiger partial charge in [-0.25, -0.2) is 14.4 Å². The lowest BCUT2D eigenvalue weighted by Crippen LogP contribution is -2.18. The van der Waals surface area contributed by atoms with Gasteiger partial charge in [0.05, 0.1) is 10.9 Å². The second kappa shape index (κ2) is 5.77. The van der Waals surface area contributed by atoms with Gasteiger partial charge in [-0.3, -0.25) is 0 Å². The van der Waals surface area contributed by atoms with Gasteiger partial charge in [0.1, 0.15) is 18.0 Å². The van der Waals surface area contributed by atoms with Crippen molar-refractivity contribution in [2.75, 3.05) is 11.9 Å². The minimum atomic E-state index is -0.304. The number of halogens is 2. The van der Waals surface area contributed by atoms with Gasteiger partial charge in [-0.15, -0.1) is 0 Å². The fourth-order valence-corrected chi connectivity index (χ4v) is 2.71. The van der Waals surface area contributed by atoms with Crippen LogP contribution in [0.5, 0.6) is 0 Å². The molecule has 0 N–H and O–H groups in total. The zero-order valence-electron chi connectivity index (χ0n) is 11.4. The van der Waals surface area contributed by atoms with Crippen molar-refractivity contribution in [2.45, 2.75) is 6.54 Å². The molecule has 0 aliphatic carbocycles. The summed E-state index contributed by atoms with van der Waals surface area (Å²) in [7, 11) is 1.90. The van der Waals surface area contributed by atoms with E-state index in [0.717, 1.165) is 10.0 Å². The summed E-state index contributed by atoms with van der Waals surface area (Å²) in [6, 6.07) is 12.8. The van der Waals surface area contributed by atoms with Crippen LogP contribution in [0.2, 0.25) is 0 Å². The Morgan fingerprint density at radius 2 is 1.90 bits per heavy atom. The maximum Gasteiger partial charge on any atom is 0.142 e. The van der Waals surface area contributed by atoms with E-state index in [1.807, 2.05) is 36.2 Å². The minimum absolute atomic E-state index is 0.304. The van der Waals surface area contributed by atoms with Gasteiger partial charge >= 0.3 is 0 Å². The number of nitrogens with zero attached hydrogens (tertiary/aromatic N) is 3. The molecule has 0 saturated carbocycles. The third-order valence-corrected chi connectivity index (χ3v) is 4.09. The Kier molecular flexibility index (Phi) is 3.84. The first kappa shape index (κ1) is 13.9. The van der Waals surface area contributed by atoms with Crippen molar-refractivity contribution < 1.29 is 4.39 Å². The van der Waals surface area contributed by atoms with Crippen LogP contribution in [-0.4, -0.2) is 17.0 Å². The number of hydrogen-bond donors (Lipinski definition) is 0. The lowest BCUT2D eigenvalue weighted by Gasteiger charge is -2.20. The smallest absolute Gasteiger partial charge is 0.142 e. The fourth-order valence-electron chi connectivity index (χ4n) is 2.30. The SMILES string of the molecule is CN(Cc1ccccc1Br)c1ncnc2cccc(F)c12. The van der Waals surface area contributed by atoms with Crippen LogP contribution < -0.4 is 4.90 Å². The monoisotopic (exact) mass is 345 g/mol. The maximum atomic E-state index is 14.1. The van der Waals surface area contributed by atoms with E-state index in [0.29, 0.717) is 23.3 Å². The zero-order valence-corrected chi connectivity index (χ0v) is 13.0. The van der Waals surface area contributed by atoms with Gasteiger partial charge in [-0.05, 0) is 23.8 Å². The Hall–Kier alpha value is -2.01. The van der Waals surface area contributed by atoms with E-state index in [4.69, 9.17) is 0 Å². The van der Waals surface area contributed by atoms with Gasteiger partial charge in [0.15, 0.2) is 0 Å². The molecule has 5 heteroatoms. The van der Waals surface area contributed by atoms with Crippen LogP contribution in [0.4, 0.5) is 10.2 Å². The first-order chi connectivity index (χ1) is 10.2. The number of fused-ring (bicyclic) bond motifs is 1. The first-order valence-electron chi connectivity index (χ1n) is 6.50. The average molecular weight is 346 g/mol. The van der Waals surface area contributed by atoms with Crippen molar-refractivity contribution in [3.8, 4) is 0 Å². The molecular formula is C16H13BrFN3. The summed E-state index contributed by atoms with van der Waals surface area (Å²) >= 11 is 3.53. The molecule has 0 bridgehead atoms. The zero-order chi connectivity index (χ0) is 14.8. The fraction of sp³-hybridized carbons (Fsp3) is 0.125. The van der Waals surface area contributed by atoms with Crippen molar-refractivity contribution in [1.82, 2.24) is 9.97 Å². The second-order valence-corrected chi connectivity index (χ2v) is 5.63. The summed E-state index contributed by atoms with van der Waals surface area (Å²) in [6.07, 6.45) is 1.47. The molecule has 3 nitrogen and oxygen atoms in total. The van der Waals surface area contributed by atoms with Crippen molar-refractivity contribution in [3.05, 3.63) is 64.6 Å². The molecule has 0 amide bonds. The molecule has 0 aliphatic heterocycles. The molecule has 106 valence electrons. The molecule has 0 saturated heterocycles. The summed E-state index contributed by atoms with van der Waals surface area (Å²) in [5.74, 6) is 0.288. The van der Waals surface area contributed by atoms with Crippen LogP contribution in [0.15, 0.2) is 53.3 Å². The lowest BCUT2D eigenvalue weighted by molar-refractivity contribution is 0.638. The largest absolute Gasteiger partial charge is 0.355 e. The van der Waals surface area contributed by atoms with Gasteiger partial charge in [0.2, 0.25) is 0 Å².